The molecule has 1 aliphatic rings. The van der Waals surface area contributed by atoms with Gasteiger partial charge in [-0.05, 0) is 29.8 Å². The van der Waals surface area contributed by atoms with Crippen LogP contribution in [0.15, 0.2) is 42.6 Å². The molecule has 1 saturated heterocycles. The van der Waals surface area contributed by atoms with E-state index < -0.39 is 6.10 Å². The van der Waals surface area contributed by atoms with Crippen LogP contribution in [0.2, 0.25) is 0 Å². The first-order valence-corrected chi connectivity index (χ1v) is 7.48. The van der Waals surface area contributed by atoms with Crippen molar-refractivity contribution >= 4 is 11.7 Å². The Labute approximate surface area is 134 Å². The third-order valence-corrected chi connectivity index (χ3v) is 4.20. The zero-order chi connectivity index (χ0) is 16.6. The number of carbonyl (C=O) groups is 1. The van der Waals surface area contributed by atoms with E-state index in [4.69, 9.17) is 4.74 Å². The first-order chi connectivity index (χ1) is 10.9. The van der Waals surface area contributed by atoms with Crippen LogP contribution in [0.3, 0.4) is 0 Å². The lowest BCUT2D eigenvalue weighted by Gasteiger charge is -2.21. The van der Waals surface area contributed by atoms with E-state index in [2.05, 4.69) is 4.98 Å². The molecule has 23 heavy (non-hydrogen) atoms. The maximum atomic E-state index is 13.0. The molecule has 5 heteroatoms. The highest BCUT2D eigenvalue weighted by atomic mass is 19.1. The number of halogens is 1. The summed E-state index contributed by atoms with van der Waals surface area (Å²) >= 11 is 0. The summed E-state index contributed by atoms with van der Waals surface area (Å²) in [5.41, 5.74) is 1.50. The predicted octanol–water partition coefficient (Wildman–Crippen LogP) is 3.28. The van der Waals surface area contributed by atoms with E-state index in [1.54, 1.807) is 30.3 Å². The van der Waals surface area contributed by atoms with E-state index in [-0.39, 0.29) is 17.1 Å². The van der Waals surface area contributed by atoms with E-state index in [0.717, 1.165) is 11.1 Å². The third kappa shape index (κ3) is 2.84. The largest absolute Gasteiger partial charge is 0.371 e. The van der Waals surface area contributed by atoms with Gasteiger partial charge < -0.3 is 4.74 Å². The maximum absolute atomic E-state index is 13.0. The lowest BCUT2D eigenvalue weighted by atomic mass is 9.90. The maximum Gasteiger partial charge on any atom is 0.257 e. The molecule has 0 spiro atoms. The van der Waals surface area contributed by atoms with Crippen molar-refractivity contribution in [1.29, 1.82) is 0 Å². The molecule has 3 rings (SSSR count). The summed E-state index contributed by atoms with van der Waals surface area (Å²) in [6.45, 7) is 4.57. The van der Waals surface area contributed by atoms with Crippen LogP contribution < -0.4 is 4.90 Å². The predicted molar refractivity (Wildman–Crippen MR) is 86.6 cm³/mol. The number of carbonyl (C=O) groups excluding carboxylic acids is 1. The second kappa shape index (κ2) is 5.74. The van der Waals surface area contributed by atoms with Crippen molar-refractivity contribution in [3.8, 4) is 11.1 Å². The summed E-state index contributed by atoms with van der Waals surface area (Å²) in [5, 5.41) is 0. The van der Waals surface area contributed by atoms with Crippen molar-refractivity contribution in [2.75, 3.05) is 18.6 Å². The lowest BCUT2D eigenvalue weighted by Crippen LogP contribution is -2.33. The molecule has 120 valence electrons. The Balaban J connectivity index is 1.85. The van der Waals surface area contributed by atoms with Crippen molar-refractivity contribution in [2.45, 2.75) is 20.0 Å². The number of benzene rings is 1. The number of amides is 1. The molecule has 0 radical (unpaired) electrons. The molecule has 1 atom stereocenters. The second-order valence-electron chi connectivity index (χ2n) is 6.44. The fourth-order valence-electron chi connectivity index (χ4n) is 3.02. The van der Waals surface area contributed by atoms with Crippen LogP contribution in [0.5, 0.6) is 0 Å². The molecule has 4 nitrogen and oxygen atoms in total. The number of anilines is 1. The highest BCUT2D eigenvalue weighted by Crippen LogP contribution is 2.35. The van der Waals surface area contributed by atoms with Gasteiger partial charge in [-0.1, -0.05) is 26.0 Å². The summed E-state index contributed by atoms with van der Waals surface area (Å²) < 4.78 is 18.3. The van der Waals surface area contributed by atoms with Crippen LogP contribution in [0.4, 0.5) is 10.2 Å². The van der Waals surface area contributed by atoms with E-state index in [0.29, 0.717) is 12.4 Å². The molecule has 2 aromatic rings. The van der Waals surface area contributed by atoms with Gasteiger partial charge >= 0.3 is 0 Å². The Morgan fingerprint density at radius 3 is 2.35 bits per heavy atom. The third-order valence-electron chi connectivity index (χ3n) is 4.20. The normalized spacial score (nSPS) is 20.1. The van der Waals surface area contributed by atoms with Gasteiger partial charge in [0.1, 0.15) is 17.7 Å². The number of aromatic nitrogens is 1. The van der Waals surface area contributed by atoms with Crippen molar-refractivity contribution < 1.29 is 13.9 Å². The Hall–Kier alpha value is -2.27. The minimum atomic E-state index is -0.457. The van der Waals surface area contributed by atoms with Gasteiger partial charge in [0.25, 0.3) is 5.91 Å². The average molecular weight is 314 g/mol. The number of hydrogen-bond donors (Lipinski definition) is 0. The second-order valence-corrected chi connectivity index (χ2v) is 6.44. The molecular weight excluding hydrogens is 295 g/mol. The molecule has 0 aliphatic carbocycles. The zero-order valence-electron chi connectivity index (χ0n) is 13.4. The molecule has 1 aliphatic heterocycles. The summed E-state index contributed by atoms with van der Waals surface area (Å²) in [4.78, 5) is 18.5. The number of hydrogen-bond acceptors (Lipinski definition) is 3. The average Bonchev–Trinajstić information content (AvgIpc) is 2.77. The highest BCUT2D eigenvalue weighted by molar-refractivity contribution is 5.99. The fourth-order valence-corrected chi connectivity index (χ4v) is 3.02. The molecule has 1 aromatic heterocycles. The topological polar surface area (TPSA) is 42.4 Å². The fraction of sp³-hybridized carbons (Fsp3) is 0.333. The molecule has 2 heterocycles. The minimum Gasteiger partial charge on any atom is -0.371 e. The number of ether oxygens (including phenoxy) is 1. The summed E-state index contributed by atoms with van der Waals surface area (Å²) in [7, 11) is 1.55. The molecule has 0 saturated carbocycles. The molecule has 0 bridgehead atoms. The standard InChI is InChI=1S/C18H19FN2O2/c1-18(2)11-21(17(22)16(18)23-3)15-9-6-13(10-20-15)12-4-7-14(19)8-5-12/h4-10,16H,11H2,1-3H3. The van der Waals surface area contributed by atoms with E-state index in [1.165, 1.54) is 12.1 Å². The molecule has 1 amide bonds. The summed E-state index contributed by atoms with van der Waals surface area (Å²) in [6, 6.07) is 9.94. The molecule has 1 fully saturated rings. The Kier molecular flexibility index (Phi) is 3.90. The van der Waals surface area contributed by atoms with Gasteiger partial charge in [0.05, 0.1) is 0 Å². The SMILES string of the molecule is COC1C(=O)N(c2ccc(-c3ccc(F)cc3)cn2)CC1(C)C. The van der Waals surface area contributed by atoms with Crippen LogP contribution >= 0.6 is 0 Å². The van der Waals surface area contributed by atoms with Gasteiger partial charge in [0.15, 0.2) is 0 Å². The molecule has 1 unspecified atom stereocenters. The highest BCUT2D eigenvalue weighted by Gasteiger charge is 2.47. The van der Waals surface area contributed by atoms with Crippen molar-refractivity contribution in [2.24, 2.45) is 5.41 Å². The number of methoxy groups -OCH3 is 1. The van der Waals surface area contributed by atoms with Crippen LogP contribution in [-0.4, -0.2) is 30.6 Å². The van der Waals surface area contributed by atoms with Crippen molar-refractivity contribution in [3.05, 3.63) is 48.4 Å². The smallest absolute Gasteiger partial charge is 0.257 e. The van der Waals surface area contributed by atoms with Crippen molar-refractivity contribution in [1.82, 2.24) is 4.98 Å². The van der Waals surface area contributed by atoms with E-state index >= 15 is 0 Å². The van der Waals surface area contributed by atoms with Crippen molar-refractivity contribution in [3.63, 3.8) is 0 Å². The van der Waals surface area contributed by atoms with E-state index in [9.17, 15) is 9.18 Å². The lowest BCUT2D eigenvalue weighted by molar-refractivity contribution is -0.128. The van der Waals surface area contributed by atoms with Gasteiger partial charge in [-0.3, -0.25) is 9.69 Å². The number of pyridine rings is 1. The van der Waals surface area contributed by atoms with Gasteiger partial charge in [0.2, 0.25) is 0 Å². The molecular formula is C18H19FN2O2. The van der Waals surface area contributed by atoms with E-state index in [1.807, 2.05) is 26.0 Å². The van der Waals surface area contributed by atoms with Gasteiger partial charge in [-0.15, -0.1) is 0 Å². The quantitative estimate of drug-likeness (QED) is 0.873. The van der Waals surface area contributed by atoms with Crippen LogP contribution in [-0.2, 0) is 9.53 Å². The summed E-state index contributed by atoms with van der Waals surface area (Å²) in [6.07, 6.45) is 1.24. The number of nitrogens with zero attached hydrogens (tertiary/aromatic N) is 2. The van der Waals surface area contributed by atoms with Crippen LogP contribution in [0.25, 0.3) is 11.1 Å². The van der Waals surface area contributed by atoms with Gasteiger partial charge in [-0.2, -0.15) is 0 Å². The number of rotatable bonds is 3. The van der Waals surface area contributed by atoms with Crippen LogP contribution in [0.1, 0.15) is 13.8 Å². The Morgan fingerprint density at radius 1 is 1.17 bits per heavy atom. The zero-order valence-corrected chi connectivity index (χ0v) is 13.4. The molecule has 1 aromatic carbocycles. The van der Waals surface area contributed by atoms with Gasteiger partial charge in [-0.25, -0.2) is 9.37 Å². The molecule has 0 N–H and O–H groups in total. The van der Waals surface area contributed by atoms with Gasteiger partial charge in [0, 0.05) is 30.8 Å². The minimum absolute atomic E-state index is 0.0699. The monoisotopic (exact) mass is 314 g/mol. The van der Waals surface area contributed by atoms with Crippen LogP contribution in [0, 0.1) is 11.2 Å². The Morgan fingerprint density at radius 2 is 1.83 bits per heavy atom. The first-order valence-electron chi connectivity index (χ1n) is 7.48. The first kappa shape index (κ1) is 15.6. The summed E-state index contributed by atoms with van der Waals surface area (Å²) in [5.74, 6) is 0.266. The Bertz CT molecular complexity index is 711.